The molecule has 0 spiro atoms. The Morgan fingerprint density at radius 1 is 1.14 bits per heavy atom. The van der Waals surface area contributed by atoms with Gasteiger partial charge in [-0.05, 0) is 49.2 Å². The molecule has 0 saturated heterocycles. The fourth-order valence-electron chi connectivity index (χ4n) is 2.86. The van der Waals surface area contributed by atoms with Crippen LogP contribution < -0.4 is 19.1 Å². The number of nitrogens with one attached hydrogen (secondary N) is 1. The van der Waals surface area contributed by atoms with Crippen molar-refractivity contribution in [1.29, 1.82) is 0 Å². The van der Waals surface area contributed by atoms with Crippen molar-refractivity contribution in [3.05, 3.63) is 53.6 Å². The number of carbonyl (C=O) groups excluding carboxylic acids is 1. The van der Waals surface area contributed by atoms with E-state index >= 15 is 0 Å². The molecule has 0 bridgehead atoms. The van der Waals surface area contributed by atoms with Crippen molar-refractivity contribution < 1.29 is 22.7 Å². The van der Waals surface area contributed by atoms with Crippen LogP contribution in [0, 0.1) is 13.8 Å². The Morgan fingerprint density at radius 2 is 1.86 bits per heavy atom. The van der Waals surface area contributed by atoms with E-state index in [2.05, 4.69) is 5.32 Å². The van der Waals surface area contributed by atoms with Gasteiger partial charge in [0.25, 0.3) is 0 Å². The number of amides is 1. The molecule has 3 rings (SSSR count). The predicted molar refractivity (Wildman–Crippen MR) is 107 cm³/mol. The monoisotopic (exact) mass is 404 g/mol. The first-order chi connectivity index (χ1) is 13.2. The molecule has 150 valence electrons. The standard InChI is InChI=1S/C20H24N2O5S/c1-14-8-9-16(10-15(14)2)22(28(3,24)25)12-20(23)21-11-17-13-26-18-6-4-5-7-19(18)27-17/h4-10,17H,11-13H2,1-3H3,(H,21,23). The molecule has 28 heavy (non-hydrogen) atoms. The summed E-state index contributed by atoms with van der Waals surface area (Å²) in [5, 5.41) is 2.73. The number of para-hydroxylation sites is 2. The first-order valence-electron chi connectivity index (χ1n) is 8.94. The number of benzene rings is 2. The summed E-state index contributed by atoms with van der Waals surface area (Å²) in [5.41, 5.74) is 2.47. The summed E-state index contributed by atoms with van der Waals surface area (Å²) in [4.78, 5) is 12.4. The number of hydrogen-bond donors (Lipinski definition) is 1. The van der Waals surface area contributed by atoms with Gasteiger partial charge < -0.3 is 14.8 Å². The lowest BCUT2D eigenvalue weighted by atomic mass is 10.1. The minimum absolute atomic E-state index is 0.220. The van der Waals surface area contributed by atoms with Gasteiger partial charge in [-0.15, -0.1) is 0 Å². The zero-order chi connectivity index (χ0) is 20.3. The fraction of sp³-hybridized carbons (Fsp3) is 0.350. The summed E-state index contributed by atoms with van der Waals surface area (Å²) in [5.74, 6) is 0.884. The van der Waals surface area contributed by atoms with E-state index in [0.29, 0.717) is 23.8 Å². The topological polar surface area (TPSA) is 84.9 Å². The van der Waals surface area contributed by atoms with Crippen LogP contribution in [0.25, 0.3) is 0 Å². The van der Waals surface area contributed by atoms with E-state index in [1.165, 1.54) is 0 Å². The number of aryl methyl sites for hydroxylation is 2. The Balaban J connectivity index is 1.62. The van der Waals surface area contributed by atoms with Crippen LogP contribution >= 0.6 is 0 Å². The molecule has 0 fully saturated rings. The third kappa shape index (κ3) is 4.75. The molecule has 0 aromatic heterocycles. The molecule has 0 saturated carbocycles. The van der Waals surface area contributed by atoms with Gasteiger partial charge in [0.2, 0.25) is 15.9 Å². The van der Waals surface area contributed by atoms with Gasteiger partial charge in [-0.25, -0.2) is 8.42 Å². The van der Waals surface area contributed by atoms with Crippen molar-refractivity contribution in [2.24, 2.45) is 0 Å². The molecule has 1 amide bonds. The average Bonchev–Trinajstić information content (AvgIpc) is 2.65. The molecule has 2 aromatic rings. The number of rotatable bonds is 6. The number of fused-ring (bicyclic) bond motifs is 1. The maximum absolute atomic E-state index is 12.4. The highest BCUT2D eigenvalue weighted by atomic mass is 32.2. The third-order valence-electron chi connectivity index (χ3n) is 4.56. The van der Waals surface area contributed by atoms with Crippen LogP contribution in [0.1, 0.15) is 11.1 Å². The second-order valence-corrected chi connectivity index (χ2v) is 8.75. The molecule has 0 aliphatic carbocycles. The van der Waals surface area contributed by atoms with Crippen LogP contribution in [0.2, 0.25) is 0 Å². The van der Waals surface area contributed by atoms with E-state index in [9.17, 15) is 13.2 Å². The Morgan fingerprint density at radius 3 is 2.54 bits per heavy atom. The van der Waals surface area contributed by atoms with Gasteiger partial charge in [0.1, 0.15) is 19.3 Å². The number of sulfonamides is 1. The highest BCUT2D eigenvalue weighted by Crippen LogP contribution is 2.30. The number of nitrogens with zero attached hydrogens (tertiary/aromatic N) is 1. The number of ether oxygens (including phenoxy) is 2. The summed E-state index contributed by atoms with van der Waals surface area (Å²) in [7, 11) is -3.61. The Labute approximate surface area is 165 Å². The van der Waals surface area contributed by atoms with Crippen LogP contribution in [0.15, 0.2) is 42.5 Å². The van der Waals surface area contributed by atoms with Crippen LogP contribution in [-0.4, -0.2) is 46.4 Å². The van der Waals surface area contributed by atoms with Gasteiger partial charge in [0, 0.05) is 0 Å². The van der Waals surface area contributed by atoms with Crippen molar-refractivity contribution in [3.8, 4) is 11.5 Å². The van der Waals surface area contributed by atoms with E-state index in [-0.39, 0.29) is 19.2 Å². The second-order valence-electron chi connectivity index (χ2n) is 6.84. The summed E-state index contributed by atoms with van der Waals surface area (Å²) in [6.45, 7) is 4.08. The zero-order valence-corrected chi connectivity index (χ0v) is 17.0. The summed E-state index contributed by atoms with van der Waals surface area (Å²) >= 11 is 0. The largest absolute Gasteiger partial charge is 0.486 e. The molecular formula is C20H24N2O5S. The fourth-order valence-corrected chi connectivity index (χ4v) is 3.71. The average molecular weight is 404 g/mol. The minimum Gasteiger partial charge on any atom is -0.486 e. The second kappa shape index (κ2) is 8.10. The van der Waals surface area contributed by atoms with Gasteiger partial charge in [-0.2, -0.15) is 0 Å². The van der Waals surface area contributed by atoms with Crippen molar-refractivity contribution in [2.75, 3.05) is 30.3 Å². The maximum atomic E-state index is 12.4. The zero-order valence-electron chi connectivity index (χ0n) is 16.1. The van der Waals surface area contributed by atoms with Gasteiger partial charge in [0.15, 0.2) is 11.5 Å². The van der Waals surface area contributed by atoms with E-state index in [1.54, 1.807) is 18.2 Å². The quantitative estimate of drug-likeness (QED) is 0.796. The maximum Gasteiger partial charge on any atom is 0.240 e. The first kappa shape index (κ1) is 20.0. The predicted octanol–water partition coefficient (Wildman–Crippen LogP) is 2.03. The van der Waals surface area contributed by atoms with E-state index < -0.39 is 15.9 Å². The van der Waals surface area contributed by atoms with Crippen molar-refractivity contribution in [1.82, 2.24) is 5.32 Å². The lowest BCUT2D eigenvalue weighted by Crippen LogP contribution is -2.45. The number of hydrogen-bond acceptors (Lipinski definition) is 5. The molecule has 8 heteroatoms. The van der Waals surface area contributed by atoms with Gasteiger partial charge in [-0.3, -0.25) is 9.10 Å². The van der Waals surface area contributed by atoms with Gasteiger partial charge >= 0.3 is 0 Å². The van der Waals surface area contributed by atoms with Crippen molar-refractivity contribution in [3.63, 3.8) is 0 Å². The van der Waals surface area contributed by atoms with Crippen molar-refractivity contribution >= 4 is 21.6 Å². The highest BCUT2D eigenvalue weighted by Gasteiger charge is 2.24. The van der Waals surface area contributed by atoms with Gasteiger partial charge in [-0.1, -0.05) is 18.2 Å². The smallest absolute Gasteiger partial charge is 0.240 e. The number of anilines is 1. The van der Waals surface area contributed by atoms with Crippen molar-refractivity contribution in [2.45, 2.75) is 20.0 Å². The lowest BCUT2D eigenvalue weighted by Gasteiger charge is -2.27. The van der Waals surface area contributed by atoms with Crippen LogP contribution in [0.4, 0.5) is 5.69 Å². The summed E-state index contributed by atoms with van der Waals surface area (Å²) in [6.07, 6.45) is 0.747. The number of carbonyl (C=O) groups is 1. The molecule has 1 heterocycles. The molecule has 1 aliphatic rings. The molecule has 1 N–H and O–H groups in total. The highest BCUT2D eigenvalue weighted by molar-refractivity contribution is 7.92. The summed E-state index contributed by atoms with van der Waals surface area (Å²) in [6, 6.07) is 12.6. The molecular weight excluding hydrogens is 380 g/mol. The third-order valence-corrected chi connectivity index (χ3v) is 5.70. The molecule has 1 aliphatic heterocycles. The van der Waals surface area contributed by atoms with E-state index in [0.717, 1.165) is 21.7 Å². The normalized spacial score (nSPS) is 15.8. The first-order valence-corrected chi connectivity index (χ1v) is 10.8. The van der Waals surface area contributed by atoms with E-state index in [4.69, 9.17) is 9.47 Å². The molecule has 0 radical (unpaired) electrons. The molecule has 7 nitrogen and oxygen atoms in total. The van der Waals surface area contributed by atoms with Crippen LogP contribution in [0.3, 0.4) is 0 Å². The lowest BCUT2D eigenvalue weighted by molar-refractivity contribution is -0.120. The Hall–Kier alpha value is -2.74. The van der Waals surface area contributed by atoms with Gasteiger partial charge in [0.05, 0.1) is 18.5 Å². The molecule has 1 atom stereocenters. The summed E-state index contributed by atoms with van der Waals surface area (Å²) < 4.78 is 36.9. The van der Waals surface area contributed by atoms with Crippen LogP contribution in [0.5, 0.6) is 11.5 Å². The molecule has 1 unspecified atom stereocenters. The Kier molecular flexibility index (Phi) is 5.79. The molecule has 2 aromatic carbocycles. The SMILES string of the molecule is Cc1ccc(N(CC(=O)NCC2COc3ccccc3O2)S(C)(=O)=O)cc1C. The van der Waals surface area contributed by atoms with E-state index in [1.807, 2.05) is 38.1 Å². The van der Waals surface area contributed by atoms with Crippen LogP contribution in [-0.2, 0) is 14.8 Å². The Bertz CT molecular complexity index is 974. The minimum atomic E-state index is -3.61.